The molecule has 2 rings (SSSR count). The van der Waals surface area contributed by atoms with Crippen LogP contribution in [-0.2, 0) is 28.7 Å². The van der Waals surface area contributed by atoms with Crippen LogP contribution in [0.25, 0.3) is 0 Å². The average Bonchev–Trinajstić information content (AvgIpc) is 2.55. The lowest BCUT2D eigenvalue weighted by molar-refractivity contribution is 0.0600. The number of halogens is 2. The van der Waals surface area contributed by atoms with Crippen molar-refractivity contribution in [2.75, 3.05) is 7.11 Å². The second-order valence-electron chi connectivity index (χ2n) is 4.87. The van der Waals surface area contributed by atoms with Crippen LogP contribution in [0.4, 0.5) is 8.78 Å². The average molecular weight is 356 g/mol. The SMILES string of the molecule is COC(=O)c1ccc(CN(Cc2cncc(F)c2)[SH](=O)=O)c(F)c1. The molecule has 0 aliphatic heterocycles. The molecule has 0 radical (unpaired) electrons. The summed E-state index contributed by atoms with van der Waals surface area (Å²) in [5.41, 5.74) is 0.429. The Balaban J connectivity index is 2.20. The number of benzene rings is 1. The summed E-state index contributed by atoms with van der Waals surface area (Å²) in [6.45, 7) is -0.413. The van der Waals surface area contributed by atoms with Crippen LogP contribution in [0.15, 0.2) is 36.7 Å². The number of hydrogen-bond acceptors (Lipinski definition) is 5. The highest BCUT2D eigenvalue weighted by atomic mass is 32.2. The van der Waals surface area contributed by atoms with Crippen LogP contribution in [-0.4, -0.2) is 30.8 Å². The molecule has 2 aromatic rings. The molecular formula is C15H14F2N2O4S. The molecule has 0 fully saturated rings. The van der Waals surface area contributed by atoms with Crippen molar-refractivity contribution in [2.24, 2.45) is 0 Å². The van der Waals surface area contributed by atoms with Gasteiger partial charge in [-0.2, -0.15) is 4.31 Å². The van der Waals surface area contributed by atoms with Gasteiger partial charge >= 0.3 is 5.97 Å². The van der Waals surface area contributed by atoms with Crippen molar-refractivity contribution in [3.63, 3.8) is 0 Å². The lowest BCUT2D eigenvalue weighted by atomic mass is 10.1. The summed E-state index contributed by atoms with van der Waals surface area (Å²) in [5, 5.41) is 0. The number of methoxy groups -OCH3 is 1. The molecule has 0 saturated heterocycles. The fourth-order valence-corrected chi connectivity index (χ4v) is 2.59. The van der Waals surface area contributed by atoms with Crippen LogP contribution in [0.3, 0.4) is 0 Å². The van der Waals surface area contributed by atoms with E-state index in [1.54, 1.807) is 0 Å². The topological polar surface area (TPSA) is 76.6 Å². The number of hydrogen-bond donors (Lipinski definition) is 1. The van der Waals surface area contributed by atoms with E-state index in [2.05, 4.69) is 9.72 Å². The van der Waals surface area contributed by atoms with Crippen molar-refractivity contribution in [2.45, 2.75) is 13.1 Å². The van der Waals surface area contributed by atoms with Crippen molar-refractivity contribution in [1.82, 2.24) is 9.29 Å². The normalized spacial score (nSPS) is 11.0. The first-order valence-electron chi connectivity index (χ1n) is 6.76. The Kier molecular flexibility index (Phi) is 5.93. The van der Waals surface area contributed by atoms with E-state index >= 15 is 0 Å². The highest BCUT2D eigenvalue weighted by Crippen LogP contribution is 2.16. The Morgan fingerprint density at radius 1 is 1.21 bits per heavy atom. The quantitative estimate of drug-likeness (QED) is 0.629. The molecule has 1 heterocycles. The fraction of sp³-hybridized carbons (Fsp3) is 0.200. The monoisotopic (exact) mass is 356 g/mol. The molecule has 0 aliphatic carbocycles. The first kappa shape index (κ1) is 18.0. The molecule has 24 heavy (non-hydrogen) atoms. The maximum Gasteiger partial charge on any atom is 0.337 e. The van der Waals surface area contributed by atoms with Gasteiger partial charge in [-0.15, -0.1) is 0 Å². The fourth-order valence-electron chi connectivity index (χ4n) is 2.04. The predicted octanol–water partition coefficient (Wildman–Crippen LogP) is 1.68. The van der Waals surface area contributed by atoms with Crippen molar-refractivity contribution in [3.8, 4) is 0 Å². The van der Waals surface area contributed by atoms with Gasteiger partial charge in [0.05, 0.1) is 18.9 Å². The Morgan fingerprint density at radius 3 is 2.54 bits per heavy atom. The molecule has 0 amide bonds. The molecular weight excluding hydrogens is 342 g/mol. The van der Waals surface area contributed by atoms with Crippen LogP contribution in [0.2, 0.25) is 0 Å². The van der Waals surface area contributed by atoms with E-state index in [1.165, 1.54) is 25.4 Å². The summed E-state index contributed by atoms with van der Waals surface area (Å²) in [5.74, 6) is -2.03. The summed E-state index contributed by atoms with van der Waals surface area (Å²) >= 11 is 0. The highest BCUT2D eigenvalue weighted by molar-refractivity contribution is 7.69. The molecule has 9 heteroatoms. The van der Waals surface area contributed by atoms with Gasteiger partial charge in [-0.1, -0.05) is 6.07 Å². The summed E-state index contributed by atoms with van der Waals surface area (Å²) < 4.78 is 55.4. The standard InChI is InChI=1S/C15H14F2N2O4S/c1-23-15(20)11-2-3-12(14(17)5-11)9-19(24(21)22)8-10-4-13(16)7-18-6-10/h2-7,24H,8-9H2,1H3. The van der Waals surface area contributed by atoms with Crippen molar-refractivity contribution in [3.05, 3.63) is 65.0 Å². The molecule has 0 atom stereocenters. The number of carbonyl (C=O) groups excluding carboxylic acids is 1. The van der Waals surface area contributed by atoms with E-state index in [-0.39, 0.29) is 24.2 Å². The van der Waals surface area contributed by atoms with Crippen molar-refractivity contribution < 1.29 is 26.7 Å². The van der Waals surface area contributed by atoms with Crippen molar-refractivity contribution in [1.29, 1.82) is 0 Å². The predicted molar refractivity (Wildman–Crippen MR) is 81.5 cm³/mol. The Morgan fingerprint density at radius 2 is 1.96 bits per heavy atom. The van der Waals surface area contributed by atoms with Crippen LogP contribution in [0.1, 0.15) is 21.5 Å². The third kappa shape index (κ3) is 4.56. The number of carbonyl (C=O) groups is 1. The number of ether oxygens (including phenoxy) is 1. The van der Waals surface area contributed by atoms with Crippen LogP contribution >= 0.6 is 0 Å². The summed E-state index contributed by atoms with van der Waals surface area (Å²) in [6.07, 6.45) is 2.32. The zero-order valence-corrected chi connectivity index (χ0v) is 13.5. The molecule has 1 aromatic heterocycles. The molecule has 6 nitrogen and oxygen atoms in total. The summed E-state index contributed by atoms with van der Waals surface area (Å²) in [6, 6.07) is 4.76. The third-order valence-electron chi connectivity index (χ3n) is 3.18. The highest BCUT2D eigenvalue weighted by Gasteiger charge is 2.15. The number of esters is 1. The van der Waals surface area contributed by atoms with E-state index < -0.39 is 28.5 Å². The number of rotatable bonds is 6. The zero-order valence-electron chi connectivity index (χ0n) is 12.6. The minimum atomic E-state index is -3.03. The Hall–Kier alpha value is -2.39. The van der Waals surface area contributed by atoms with Crippen LogP contribution in [0, 0.1) is 11.6 Å². The van der Waals surface area contributed by atoms with Gasteiger partial charge in [0.2, 0.25) is 10.9 Å². The third-order valence-corrected chi connectivity index (χ3v) is 3.93. The van der Waals surface area contributed by atoms with E-state index in [0.29, 0.717) is 5.56 Å². The number of pyridine rings is 1. The lowest BCUT2D eigenvalue weighted by Crippen LogP contribution is -2.22. The Labute approximate surface area is 138 Å². The lowest BCUT2D eigenvalue weighted by Gasteiger charge is -2.16. The zero-order chi connectivity index (χ0) is 17.7. The van der Waals surface area contributed by atoms with Crippen LogP contribution < -0.4 is 0 Å². The molecule has 128 valence electrons. The van der Waals surface area contributed by atoms with Gasteiger partial charge in [0, 0.05) is 24.8 Å². The van der Waals surface area contributed by atoms with Gasteiger partial charge < -0.3 is 4.74 Å². The van der Waals surface area contributed by atoms with E-state index in [9.17, 15) is 22.0 Å². The molecule has 0 N–H and O–H groups in total. The van der Waals surface area contributed by atoms with Gasteiger partial charge in [-0.25, -0.2) is 22.0 Å². The maximum absolute atomic E-state index is 14.1. The van der Waals surface area contributed by atoms with Gasteiger partial charge in [-0.05, 0) is 23.8 Å². The van der Waals surface area contributed by atoms with Crippen molar-refractivity contribution >= 4 is 16.9 Å². The maximum atomic E-state index is 14.1. The van der Waals surface area contributed by atoms with Gasteiger partial charge in [-0.3, -0.25) is 4.98 Å². The van der Waals surface area contributed by atoms with Gasteiger partial charge in [0.15, 0.2) is 0 Å². The second-order valence-corrected chi connectivity index (χ2v) is 5.91. The molecule has 1 aromatic carbocycles. The molecule has 0 spiro atoms. The largest absolute Gasteiger partial charge is 0.465 e. The minimum Gasteiger partial charge on any atom is -0.465 e. The number of nitrogens with zero attached hydrogens (tertiary/aromatic N) is 2. The summed E-state index contributed by atoms with van der Waals surface area (Å²) in [4.78, 5) is 15.0. The number of thiol groups is 1. The van der Waals surface area contributed by atoms with Crippen LogP contribution in [0.5, 0.6) is 0 Å². The van der Waals surface area contributed by atoms with Gasteiger partial charge in [0.1, 0.15) is 11.6 Å². The Bertz CT molecular complexity index is 819. The minimum absolute atomic E-state index is 0.0196. The van der Waals surface area contributed by atoms with E-state index in [4.69, 9.17) is 0 Å². The summed E-state index contributed by atoms with van der Waals surface area (Å²) in [7, 11) is -1.86. The van der Waals surface area contributed by atoms with E-state index in [0.717, 1.165) is 22.6 Å². The molecule has 0 bridgehead atoms. The van der Waals surface area contributed by atoms with Gasteiger partial charge in [0.25, 0.3) is 0 Å². The van der Waals surface area contributed by atoms with E-state index in [1.807, 2.05) is 0 Å². The second kappa shape index (κ2) is 7.93. The molecule has 0 unspecified atom stereocenters. The first-order valence-corrected chi connectivity index (χ1v) is 7.89. The number of aromatic nitrogens is 1. The molecule has 0 aliphatic rings. The molecule has 0 saturated carbocycles. The first-order chi connectivity index (χ1) is 11.4. The smallest absolute Gasteiger partial charge is 0.337 e.